The molecule has 0 unspecified atom stereocenters. The second kappa shape index (κ2) is 10.4. The van der Waals surface area contributed by atoms with Gasteiger partial charge in [0, 0.05) is 71.2 Å². The number of non-ortho nitro benzene ring substituents is 1. The van der Waals surface area contributed by atoms with Crippen LogP contribution in [0.1, 0.15) is 28.4 Å². The minimum atomic E-state index is -0.482. The van der Waals surface area contributed by atoms with Crippen molar-refractivity contribution in [2.24, 2.45) is 0 Å². The zero-order chi connectivity index (χ0) is 22.4. The standard InChI is InChI=1S/C23H31N5O3/c1-4-26-11-13-27(14-12-26)17-19-8-6-5-7-18(19)16-24-23(29)21-15-20(28(30)31)9-10-22(21)25(2)3/h5-10,15H,4,11-14,16-17H2,1-3H3,(H,24,29). The highest BCUT2D eigenvalue weighted by atomic mass is 16.6. The van der Waals surface area contributed by atoms with E-state index in [1.165, 1.54) is 17.7 Å². The van der Waals surface area contributed by atoms with Crippen LogP contribution in [0.15, 0.2) is 42.5 Å². The van der Waals surface area contributed by atoms with Crippen molar-refractivity contribution in [1.82, 2.24) is 15.1 Å². The number of nitrogens with one attached hydrogen (secondary N) is 1. The van der Waals surface area contributed by atoms with Crippen LogP contribution < -0.4 is 10.2 Å². The van der Waals surface area contributed by atoms with Gasteiger partial charge in [0.2, 0.25) is 0 Å². The van der Waals surface area contributed by atoms with Crippen molar-refractivity contribution in [2.75, 3.05) is 51.7 Å². The fourth-order valence-corrected chi connectivity index (χ4v) is 3.87. The van der Waals surface area contributed by atoms with E-state index in [4.69, 9.17) is 0 Å². The van der Waals surface area contributed by atoms with E-state index in [0.29, 0.717) is 17.8 Å². The van der Waals surface area contributed by atoms with Crippen LogP contribution in [0.5, 0.6) is 0 Å². The van der Waals surface area contributed by atoms with Gasteiger partial charge in [0.25, 0.3) is 11.6 Å². The average molecular weight is 426 g/mol. The van der Waals surface area contributed by atoms with E-state index in [1.54, 1.807) is 11.0 Å². The molecule has 1 heterocycles. The van der Waals surface area contributed by atoms with Crippen LogP contribution in [0.3, 0.4) is 0 Å². The Hall–Kier alpha value is -2.97. The van der Waals surface area contributed by atoms with Gasteiger partial charge < -0.3 is 15.1 Å². The Morgan fingerprint density at radius 3 is 2.32 bits per heavy atom. The summed E-state index contributed by atoms with van der Waals surface area (Å²) < 4.78 is 0. The maximum atomic E-state index is 12.9. The first kappa shape index (κ1) is 22.7. The summed E-state index contributed by atoms with van der Waals surface area (Å²) in [5, 5.41) is 14.1. The normalized spacial score (nSPS) is 14.9. The van der Waals surface area contributed by atoms with Crippen LogP contribution in [0.25, 0.3) is 0 Å². The number of benzene rings is 2. The van der Waals surface area contributed by atoms with Crippen molar-refractivity contribution in [3.8, 4) is 0 Å². The Morgan fingerprint density at radius 1 is 1.06 bits per heavy atom. The van der Waals surface area contributed by atoms with Crippen LogP contribution in [0.4, 0.5) is 11.4 Å². The molecular formula is C23H31N5O3. The number of likely N-dealkylation sites (N-methyl/N-ethyl adjacent to an activating group) is 1. The van der Waals surface area contributed by atoms with E-state index >= 15 is 0 Å². The molecule has 0 radical (unpaired) electrons. The van der Waals surface area contributed by atoms with Crippen molar-refractivity contribution in [3.05, 3.63) is 69.3 Å². The van der Waals surface area contributed by atoms with Crippen LogP contribution in [-0.2, 0) is 13.1 Å². The maximum absolute atomic E-state index is 12.9. The third-order valence-electron chi connectivity index (χ3n) is 5.78. The number of rotatable bonds is 8. The lowest BCUT2D eigenvalue weighted by molar-refractivity contribution is -0.384. The molecule has 1 saturated heterocycles. The third-order valence-corrected chi connectivity index (χ3v) is 5.78. The van der Waals surface area contributed by atoms with E-state index in [0.717, 1.165) is 44.8 Å². The van der Waals surface area contributed by atoms with Crippen molar-refractivity contribution in [2.45, 2.75) is 20.0 Å². The summed E-state index contributed by atoms with van der Waals surface area (Å²) in [5.41, 5.74) is 3.10. The number of hydrogen-bond acceptors (Lipinski definition) is 6. The van der Waals surface area contributed by atoms with Gasteiger partial charge in [-0.1, -0.05) is 31.2 Å². The van der Waals surface area contributed by atoms with E-state index in [2.05, 4.69) is 28.1 Å². The highest BCUT2D eigenvalue weighted by Crippen LogP contribution is 2.24. The molecule has 1 N–H and O–H groups in total. The fourth-order valence-electron chi connectivity index (χ4n) is 3.87. The number of hydrogen-bond donors (Lipinski definition) is 1. The molecule has 2 aromatic rings. The van der Waals surface area contributed by atoms with Gasteiger partial charge in [-0.3, -0.25) is 19.8 Å². The Balaban J connectivity index is 1.70. The lowest BCUT2D eigenvalue weighted by atomic mass is 10.1. The predicted molar refractivity (Wildman–Crippen MR) is 122 cm³/mol. The zero-order valence-corrected chi connectivity index (χ0v) is 18.5. The SMILES string of the molecule is CCN1CCN(Cc2ccccc2CNC(=O)c2cc([N+](=O)[O-])ccc2N(C)C)CC1. The molecule has 3 rings (SSSR count). The number of nitro benzene ring substituents is 1. The first-order chi connectivity index (χ1) is 14.9. The first-order valence-corrected chi connectivity index (χ1v) is 10.6. The van der Waals surface area contributed by atoms with Crippen molar-refractivity contribution >= 4 is 17.3 Å². The predicted octanol–water partition coefficient (Wildman–Crippen LogP) is 2.73. The minimum Gasteiger partial charge on any atom is -0.377 e. The first-order valence-electron chi connectivity index (χ1n) is 10.6. The van der Waals surface area contributed by atoms with Gasteiger partial charge in [0.15, 0.2) is 0 Å². The summed E-state index contributed by atoms with van der Waals surface area (Å²) in [5.74, 6) is -0.321. The van der Waals surface area contributed by atoms with Gasteiger partial charge in [-0.15, -0.1) is 0 Å². The number of carbonyl (C=O) groups excluding carboxylic acids is 1. The highest BCUT2D eigenvalue weighted by Gasteiger charge is 2.19. The topological polar surface area (TPSA) is 82.0 Å². The lowest BCUT2D eigenvalue weighted by Gasteiger charge is -2.34. The number of amides is 1. The van der Waals surface area contributed by atoms with E-state index in [1.807, 2.05) is 32.3 Å². The van der Waals surface area contributed by atoms with Gasteiger partial charge in [-0.05, 0) is 23.7 Å². The summed E-state index contributed by atoms with van der Waals surface area (Å²) in [6.07, 6.45) is 0. The number of carbonyl (C=O) groups is 1. The van der Waals surface area contributed by atoms with Crippen molar-refractivity contribution < 1.29 is 9.72 Å². The molecule has 0 bridgehead atoms. The van der Waals surface area contributed by atoms with Crippen LogP contribution in [-0.4, -0.2) is 67.4 Å². The molecule has 1 amide bonds. The number of nitro groups is 1. The van der Waals surface area contributed by atoms with E-state index in [9.17, 15) is 14.9 Å². The van der Waals surface area contributed by atoms with Crippen molar-refractivity contribution in [3.63, 3.8) is 0 Å². The van der Waals surface area contributed by atoms with Crippen molar-refractivity contribution in [1.29, 1.82) is 0 Å². The Bertz CT molecular complexity index is 923. The summed E-state index contributed by atoms with van der Waals surface area (Å²) in [4.78, 5) is 30.3. The lowest BCUT2D eigenvalue weighted by Crippen LogP contribution is -2.45. The van der Waals surface area contributed by atoms with Crippen LogP contribution in [0.2, 0.25) is 0 Å². The van der Waals surface area contributed by atoms with Gasteiger partial charge in [-0.2, -0.15) is 0 Å². The van der Waals surface area contributed by atoms with Crippen LogP contribution >= 0.6 is 0 Å². The summed E-state index contributed by atoms with van der Waals surface area (Å²) in [6.45, 7) is 8.73. The quantitative estimate of drug-likeness (QED) is 0.517. The van der Waals surface area contributed by atoms with Gasteiger partial charge in [0.1, 0.15) is 0 Å². The number of anilines is 1. The molecule has 1 fully saturated rings. The summed E-state index contributed by atoms with van der Waals surface area (Å²) >= 11 is 0. The number of piperazine rings is 1. The largest absolute Gasteiger partial charge is 0.377 e. The second-order valence-electron chi connectivity index (χ2n) is 8.01. The Kier molecular flexibility index (Phi) is 7.59. The summed E-state index contributed by atoms with van der Waals surface area (Å²) in [7, 11) is 3.62. The minimum absolute atomic E-state index is 0.0950. The summed E-state index contributed by atoms with van der Waals surface area (Å²) in [6, 6.07) is 12.5. The van der Waals surface area contributed by atoms with E-state index in [-0.39, 0.29) is 11.6 Å². The molecule has 31 heavy (non-hydrogen) atoms. The molecule has 0 aliphatic carbocycles. The molecule has 8 heteroatoms. The third kappa shape index (κ3) is 5.80. The van der Waals surface area contributed by atoms with Gasteiger partial charge in [0.05, 0.1) is 10.5 Å². The van der Waals surface area contributed by atoms with Crippen LogP contribution in [0, 0.1) is 10.1 Å². The molecule has 0 saturated carbocycles. The highest BCUT2D eigenvalue weighted by molar-refractivity contribution is 6.00. The molecule has 166 valence electrons. The zero-order valence-electron chi connectivity index (χ0n) is 18.5. The second-order valence-corrected chi connectivity index (χ2v) is 8.01. The molecular weight excluding hydrogens is 394 g/mol. The molecule has 1 aliphatic heterocycles. The molecule has 0 aromatic heterocycles. The van der Waals surface area contributed by atoms with Gasteiger partial charge >= 0.3 is 0 Å². The smallest absolute Gasteiger partial charge is 0.270 e. The van der Waals surface area contributed by atoms with E-state index < -0.39 is 4.92 Å². The molecule has 2 aromatic carbocycles. The maximum Gasteiger partial charge on any atom is 0.270 e. The monoisotopic (exact) mass is 425 g/mol. The number of nitrogens with zero attached hydrogens (tertiary/aromatic N) is 4. The molecule has 0 atom stereocenters. The van der Waals surface area contributed by atoms with Gasteiger partial charge in [-0.25, -0.2) is 0 Å². The Labute approximate surface area is 183 Å². The molecule has 1 aliphatic rings. The Morgan fingerprint density at radius 2 is 1.71 bits per heavy atom. The average Bonchev–Trinajstić information content (AvgIpc) is 2.78. The molecule has 0 spiro atoms. The fraction of sp³-hybridized carbons (Fsp3) is 0.435. The molecule has 8 nitrogen and oxygen atoms in total.